The highest BCUT2D eigenvalue weighted by Gasteiger charge is 2.28. The number of allylic oxidation sites excluding steroid dienone is 2. The average Bonchev–Trinajstić information content (AvgIpc) is 2.54. The Hall–Kier alpha value is -1.32. The van der Waals surface area contributed by atoms with Crippen molar-refractivity contribution in [1.82, 2.24) is 0 Å². The van der Waals surface area contributed by atoms with Crippen molar-refractivity contribution < 1.29 is 19.1 Å². The first kappa shape index (κ1) is 23.7. The fourth-order valence-electron chi connectivity index (χ4n) is 2.81. The lowest BCUT2D eigenvalue weighted by Gasteiger charge is -2.14. The normalized spacial score (nSPS) is 11.9. The highest BCUT2D eigenvalue weighted by molar-refractivity contribution is 5.94. The van der Waals surface area contributed by atoms with Crippen molar-refractivity contribution in [3.05, 3.63) is 11.6 Å². The SMILES string of the molecule is CCOC(=O)C(CCCCCC[C@@H](C)CCC=C(C)C)C(=O)OCC. The highest BCUT2D eigenvalue weighted by Crippen LogP contribution is 2.19. The molecule has 4 nitrogen and oxygen atoms in total. The van der Waals surface area contributed by atoms with Crippen molar-refractivity contribution in [2.75, 3.05) is 13.2 Å². The van der Waals surface area contributed by atoms with Crippen LogP contribution in [0.2, 0.25) is 0 Å². The van der Waals surface area contributed by atoms with Crippen molar-refractivity contribution >= 4 is 11.9 Å². The molecule has 4 heteroatoms. The summed E-state index contributed by atoms with van der Waals surface area (Å²) in [5.41, 5.74) is 1.39. The van der Waals surface area contributed by atoms with Gasteiger partial charge in [-0.1, -0.05) is 50.7 Å². The molecule has 0 aromatic rings. The molecular weight excluding hydrogens is 316 g/mol. The lowest BCUT2D eigenvalue weighted by molar-refractivity contribution is -0.161. The van der Waals surface area contributed by atoms with Crippen molar-refractivity contribution in [3.8, 4) is 0 Å². The molecular formula is C21H38O4. The number of esters is 2. The predicted molar refractivity (Wildman–Crippen MR) is 102 cm³/mol. The number of carbonyl (C=O) groups excluding carboxylic acids is 2. The topological polar surface area (TPSA) is 52.6 Å². The smallest absolute Gasteiger partial charge is 0.320 e. The first-order valence-corrected chi connectivity index (χ1v) is 9.88. The van der Waals surface area contributed by atoms with Crippen LogP contribution in [0.15, 0.2) is 11.6 Å². The molecule has 0 heterocycles. The fraction of sp³-hybridized carbons (Fsp3) is 0.810. The number of rotatable bonds is 14. The molecule has 0 saturated heterocycles. The lowest BCUT2D eigenvalue weighted by atomic mass is 9.96. The first-order chi connectivity index (χ1) is 11.9. The molecule has 0 radical (unpaired) electrons. The molecule has 0 spiro atoms. The predicted octanol–water partition coefficient (Wildman–Crippen LogP) is 5.45. The molecule has 0 bridgehead atoms. The fourth-order valence-corrected chi connectivity index (χ4v) is 2.81. The Balaban J connectivity index is 3.95. The standard InChI is InChI=1S/C21H38O4/c1-6-24-20(22)19(21(23)25-7-2)16-11-9-8-10-14-18(5)15-12-13-17(3)4/h13,18-19H,6-12,14-16H2,1-5H3/t18-/m1/s1. The minimum absolute atomic E-state index is 0.291. The van der Waals surface area contributed by atoms with Crippen LogP contribution in [0.1, 0.15) is 86.0 Å². The Morgan fingerprint density at radius 2 is 1.36 bits per heavy atom. The van der Waals surface area contributed by atoms with E-state index in [-0.39, 0.29) is 0 Å². The van der Waals surface area contributed by atoms with Crippen LogP contribution < -0.4 is 0 Å². The second-order valence-electron chi connectivity index (χ2n) is 7.01. The van der Waals surface area contributed by atoms with Gasteiger partial charge in [-0.3, -0.25) is 9.59 Å². The van der Waals surface area contributed by atoms with Gasteiger partial charge >= 0.3 is 11.9 Å². The van der Waals surface area contributed by atoms with Gasteiger partial charge in [0.2, 0.25) is 0 Å². The van der Waals surface area contributed by atoms with Gasteiger partial charge in [0.1, 0.15) is 0 Å². The van der Waals surface area contributed by atoms with Crippen molar-refractivity contribution in [2.24, 2.45) is 11.8 Å². The quantitative estimate of drug-likeness (QED) is 0.180. The maximum absolute atomic E-state index is 11.9. The third kappa shape index (κ3) is 12.7. The van der Waals surface area contributed by atoms with Crippen LogP contribution in [0.3, 0.4) is 0 Å². The third-order valence-electron chi connectivity index (χ3n) is 4.29. The molecule has 0 fully saturated rings. The number of hydrogen-bond donors (Lipinski definition) is 0. The number of ether oxygens (including phenoxy) is 2. The summed E-state index contributed by atoms with van der Waals surface area (Å²) in [6, 6.07) is 0. The molecule has 0 aliphatic heterocycles. The van der Waals surface area contributed by atoms with E-state index in [1.54, 1.807) is 13.8 Å². The Bertz CT molecular complexity index is 379. The Labute approximate surface area is 154 Å². The molecule has 0 aliphatic rings. The molecule has 0 amide bonds. The van der Waals surface area contributed by atoms with E-state index < -0.39 is 17.9 Å². The van der Waals surface area contributed by atoms with E-state index in [1.165, 1.54) is 31.3 Å². The molecule has 0 unspecified atom stereocenters. The zero-order chi connectivity index (χ0) is 19.1. The Morgan fingerprint density at radius 1 is 0.840 bits per heavy atom. The van der Waals surface area contributed by atoms with Crippen LogP contribution in [0, 0.1) is 11.8 Å². The van der Waals surface area contributed by atoms with Crippen LogP contribution in [-0.4, -0.2) is 25.2 Å². The second kappa shape index (κ2) is 15.0. The zero-order valence-corrected chi connectivity index (χ0v) is 16.9. The van der Waals surface area contributed by atoms with E-state index in [0.717, 1.165) is 25.2 Å². The van der Waals surface area contributed by atoms with Crippen LogP contribution >= 0.6 is 0 Å². The van der Waals surface area contributed by atoms with Gasteiger partial charge in [0, 0.05) is 0 Å². The lowest BCUT2D eigenvalue weighted by Crippen LogP contribution is -2.28. The largest absolute Gasteiger partial charge is 0.465 e. The summed E-state index contributed by atoms with van der Waals surface area (Å²) >= 11 is 0. The molecule has 0 aliphatic carbocycles. The van der Waals surface area contributed by atoms with Crippen LogP contribution in [0.4, 0.5) is 0 Å². The first-order valence-electron chi connectivity index (χ1n) is 9.88. The van der Waals surface area contributed by atoms with Crippen LogP contribution in [-0.2, 0) is 19.1 Å². The summed E-state index contributed by atoms with van der Waals surface area (Å²) in [7, 11) is 0. The molecule has 0 saturated carbocycles. The summed E-state index contributed by atoms with van der Waals surface area (Å²) in [6.45, 7) is 10.7. The van der Waals surface area contributed by atoms with E-state index in [1.807, 2.05) is 0 Å². The van der Waals surface area contributed by atoms with Crippen LogP contribution in [0.25, 0.3) is 0 Å². The minimum Gasteiger partial charge on any atom is -0.465 e. The number of unbranched alkanes of at least 4 members (excludes halogenated alkanes) is 3. The maximum atomic E-state index is 11.9. The monoisotopic (exact) mass is 354 g/mol. The average molecular weight is 355 g/mol. The summed E-state index contributed by atoms with van der Waals surface area (Å²) < 4.78 is 9.98. The Morgan fingerprint density at radius 3 is 1.84 bits per heavy atom. The van der Waals surface area contributed by atoms with Gasteiger partial charge in [0.25, 0.3) is 0 Å². The highest BCUT2D eigenvalue weighted by atomic mass is 16.6. The van der Waals surface area contributed by atoms with Gasteiger partial charge in [0.15, 0.2) is 5.92 Å². The van der Waals surface area contributed by atoms with Crippen LogP contribution in [0.5, 0.6) is 0 Å². The van der Waals surface area contributed by atoms with Gasteiger partial charge in [-0.25, -0.2) is 0 Å². The molecule has 146 valence electrons. The molecule has 1 atom stereocenters. The Kier molecular flexibility index (Phi) is 14.2. The second-order valence-corrected chi connectivity index (χ2v) is 7.01. The summed E-state index contributed by atoms with van der Waals surface area (Å²) in [5, 5.41) is 0. The molecule has 0 aromatic heterocycles. The van der Waals surface area contributed by atoms with Crippen molar-refractivity contribution in [1.29, 1.82) is 0 Å². The number of hydrogen-bond acceptors (Lipinski definition) is 4. The summed E-state index contributed by atoms with van der Waals surface area (Å²) in [4.78, 5) is 23.8. The van der Waals surface area contributed by atoms with Gasteiger partial charge < -0.3 is 9.47 Å². The van der Waals surface area contributed by atoms with Gasteiger partial charge in [0.05, 0.1) is 13.2 Å². The van der Waals surface area contributed by atoms with E-state index in [9.17, 15) is 9.59 Å². The van der Waals surface area contributed by atoms with Gasteiger partial charge in [-0.05, 0) is 52.9 Å². The van der Waals surface area contributed by atoms with E-state index in [4.69, 9.17) is 9.47 Å². The summed E-state index contributed by atoms with van der Waals surface area (Å²) in [6.07, 6.45) is 10.7. The minimum atomic E-state index is -0.761. The van der Waals surface area contributed by atoms with E-state index in [0.29, 0.717) is 19.6 Å². The van der Waals surface area contributed by atoms with Gasteiger partial charge in [-0.2, -0.15) is 0 Å². The number of carbonyl (C=O) groups is 2. The molecule has 25 heavy (non-hydrogen) atoms. The maximum Gasteiger partial charge on any atom is 0.320 e. The third-order valence-corrected chi connectivity index (χ3v) is 4.29. The van der Waals surface area contributed by atoms with Gasteiger partial charge in [-0.15, -0.1) is 0 Å². The molecule has 0 N–H and O–H groups in total. The van der Waals surface area contributed by atoms with E-state index in [2.05, 4.69) is 26.8 Å². The molecule has 0 aromatic carbocycles. The summed E-state index contributed by atoms with van der Waals surface area (Å²) in [5.74, 6) is -0.909. The van der Waals surface area contributed by atoms with E-state index >= 15 is 0 Å². The van der Waals surface area contributed by atoms with Crippen molar-refractivity contribution in [2.45, 2.75) is 86.0 Å². The van der Waals surface area contributed by atoms with Crippen molar-refractivity contribution in [3.63, 3.8) is 0 Å². The molecule has 0 rings (SSSR count). The zero-order valence-electron chi connectivity index (χ0n) is 16.9.